The molecule has 5 aromatic carbocycles. The van der Waals surface area contributed by atoms with Crippen LogP contribution in [0.4, 0.5) is 34.1 Å². The number of H-pyrrole nitrogens is 1. The molecule has 0 unspecified atom stereocenters. The number of aromatic nitrogens is 1. The lowest BCUT2D eigenvalue weighted by Crippen LogP contribution is -2.21. The summed E-state index contributed by atoms with van der Waals surface area (Å²) in [6.45, 7) is 0. The van der Waals surface area contributed by atoms with E-state index in [1.54, 1.807) is 6.07 Å². The van der Waals surface area contributed by atoms with Gasteiger partial charge in [0, 0.05) is 17.1 Å². The molecule has 6 rings (SSSR count). The molecule has 1 aromatic heterocycles. The van der Waals surface area contributed by atoms with Gasteiger partial charge in [-0.2, -0.15) is 0 Å². The van der Waals surface area contributed by atoms with E-state index in [0.29, 0.717) is 0 Å². The van der Waals surface area contributed by atoms with E-state index in [0.717, 1.165) is 12.1 Å². The molecule has 0 aliphatic heterocycles. The number of nitro groups is 3. The molecule has 19 nitrogen and oxygen atoms in total. The minimum Gasteiger partial charge on any atom is -0.353 e. The van der Waals surface area contributed by atoms with Crippen molar-refractivity contribution in [2.45, 2.75) is 14.7 Å². The van der Waals surface area contributed by atoms with Crippen molar-refractivity contribution in [1.82, 2.24) is 4.98 Å². The molecular weight excluding hydrogens is 747 g/mol. The molecule has 22 heteroatoms. The van der Waals surface area contributed by atoms with Crippen LogP contribution in [0.25, 0.3) is 21.8 Å². The molecular formula is C30H21N7O12S3. The molecule has 0 saturated heterocycles. The minimum atomic E-state index is -5.51. The topological polar surface area (TPSA) is 284 Å². The Morgan fingerprint density at radius 2 is 0.865 bits per heavy atom. The van der Waals surface area contributed by atoms with Crippen molar-refractivity contribution in [2.24, 2.45) is 0 Å². The van der Waals surface area contributed by atoms with Crippen molar-refractivity contribution in [1.29, 1.82) is 0 Å². The highest BCUT2D eigenvalue weighted by molar-refractivity contribution is 7.94. The zero-order valence-electron chi connectivity index (χ0n) is 25.8. The number of fused-ring (bicyclic) bond motifs is 3. The maximum atomic E-state index is 14.1. The lowest BCUT2D eigenvalue weighted by atomic mass is 10.1. The van der Waals surface area contributed by atoms with Crippen molar-refractivity contribution >= 4 is 86.0 Å². The second-order valence-corrected chi connectivity index (χ2v) is 15.6. The van der Waals surface area contributed by atoms with Gasteiger partial charge < -0.3 is 4.98 Å². The SMILES string of the molecule is O=[N+]([O-])c1c(S(=O)(=O)Nc2ccccc2)c([N+](=O)[O-])c2c([nH]c3ccc(S(=O)(=O)Nc4ccccc4)c([N+](=O)[O-])c32)c1S(=O)(=O)Nc1ccccc1. The van der Waals surface area contributed by atoms with Crippen LogP contribution in [0, 0.1) is 30.3 Å². The normalized spacial score (nSPS) is 12.0. The zero-order chi connectivity index (χ0) is 37.6. The van der Waals surface area contributed by atoms with Crippen LogP contribution in [-0.2, 0) is 30.1 Å². The molecule has 6 aromatic rings. The van der Waals surface area contributed by atoms with Crippen LogP contribution in [0.3, 0.4) is 0 Å². The summed E-state index contributed by atoms with van der Waals surface area (Å²) in [6.07, 6.45) is 0. The van der Waals surface area contributed by atoms with E-state index in [1.807, 2.05) is 4.72 Å². The van der Waals surface area contributed by atoms with E-state index in [2.05, 4.69) is 14.4 Å². The van der Waals surface area contributed by atoms with E-state index in [1.165, 1.54) is 84.9 Å². The zero-order valence-corrected chi connectivity index (χ0v) is 28.2. The number of para-hydroxylation sites is 3. The van der Waals surface area contributed by atoms with Gasteiger partial charge >= 0.3 is 11.4 Å². The van der Waals surface area contributed by atoms with Gasteiger partial charge in [0.2, 0.25) is 4.90 Å². The minimum absolute atomic E-state index is 0.0295. The van der Waals surface area contributed by atoms with Crippen LogP contribution in [0.1, 0.15) is 0 Å². The van der Waals surface area contributed by atoms with E-state index in [9.17, 15) is 55.6 Å². The summed E-state index contributed by atoms with van der Waals surface area (Å²) in [7, 11) is -15.7. The van der Waals surface area contributed by atoms with Crippen LogP contribution >= 0.6 is 0 Å². The maximum Gasteiger partial charge on any atom is 0.319 e. The van der Waals surface area contributed by atoms with E-state index in [-0.39, 0.29) is 17.1 Å². The first-order valence-corrected chi connectivity index (χ1v) is 18.8. The molecule has 0 bridgehead atoms. The Kier molecular flexibility index (Phi) is 8.73. The average molecular weight is 768 g/mol. The Labute approximate surface area is 292 Å². The first-order chi connectivity index (χ1) is 24.5. The van der Waals surface area contributed by atoms with Crippen molar-refractivity contribution < 1.29 is 40.0 Å². The van der Waals surface area contributed by atoms with Gasteiger partial charge in [-0.15, -0.1) is 0 Å². The Hall–Kier alpha value is -6.65. The fourth-order valence-electron chi connectivity index (χ4n) is 5.50. The fourth-order valence-corrected chi connectivity index (χ4v) is 9.61. The molecule has 266 valence electrons. The third-order valence-electron chi connectivity index (χ3n) is 7.46. The smallest absolute Gasteiger partial charge is 0.319 e. The summed E-state index contributed by atoms with van der Waals surface area (Å²) >= 11 is 0. The van der Waals surface area contributed by atoms with Gasteiger partial charge in [0.25, 0.3) is 35.8 Å². The van der Waals surface area contributed by atoms with Gasteiger partial charge in [0.05, 0.1) is 36.6 Å². The lowest BCUT2D eigenvalue weighted by Gasteiger charge is -2.14. The second kappa shape index (κ2) is 12.9. The molecule has 0 atom stereocenters. The van der Waals surface area contributed by atoms with E-state index < -0.39 is 98.4 Å². The number of sulfonamides is 3. The number of nitrogens with one attached hydrogen (secondary N) is 4. The molecule has 52 heavy (non-hydrogen) atoms. The quantitative estimate of drug-likeness (QED) is 0.0893. The number of benzene rings is 5. The molecule has 4 N–H and O–H groups in total. The first kappa shape index (κ1) is 35.2. The lowest BCUT2D eigenvalue weighted by molar-refractivity contribution is -0.400. The Bertz CT molecular complexity index is 2780. The summed E-state index contributed by atoms with van der Waals surface area (Å²) in [4.78, 5) is 32.5. The largest absolute Gasteiger partial charge is 0.353 e. The van der Waals surface area contributed by atoms with Crippen molar-refractivity contribution in [2.75, 3.05) is 14.2 Å². The Morgan fingerprint density at radius 3 is 1.29 bits per heavy atom. The highest BCUT2D eigenvalue weighted by Crippen LogP contribution is 2.51. The number of nitrogens with zero attached hydrogens (tertiary/aromatic N) is 3. The van der Waals surface area contributed by atoms with Crippen molar-refractivity contribution in [3.63, 3.8) is 0 Å². The fraction of sp³-hybridized carbons (Fsp3) is 0. The van der Waals surface area contributed by atoms with Crippen LogP contribution in [0.5, 0.6) is 0 Å². The number of anilines is 3. The number of nitro benzene ring substituents is 3. The van der Waals surface area contributed by atoms with Gasteiger partial charge in [-0.1, -0.05) is 54.6 Å². The van der Waals surface area contributed by atoms with Crippen LogP contribution in [0.2, 0.25) is 0 Å². The molecule has 0 spiro atoms. The highest BCUT2D eigenvalue weighted by Gasteiger charge is 2.47. The van der Waals surface area contributed by atoms with Crippen LogP contribution in [0.15, 0.2) is 118 Å². The third kappa shape index (κ3) is 6.27. The summed E-state index contributed by atoms with van der Waals surface area (Å²) in [5.74, 6) is 0. The summed E-state index contributed by atoms with van der Waals surface area (Å²) in [5, 5.41) is 36.4. The number of hydrogen-bond donors (Lipinski definition) is 4. The van der Waals surface area contributed by atoms with Crippen molar-refractivity contribution in [3.8, 4) is 0 Å². The predicted octanol–water partition coefficient (Wildman–Crippen LogP) is 5.45. The van der Waals surface area contributed by atoms with Gasteiger partial charge in [-0.25, -0.2) is 25.3 Å². The summed E-state index contributed by atoms with van der Waals surface area (Å²) < 4.78 is 89.7. The maximum absolute atomic E-state index is 14.1. The number of aromatic amines is 1. The molecule has 0 amide bonds. The number of rotatable bonds is 12. The molecule has 0 saturated carbocycles. The van der Waals surface area contributed by atoms with Gasteiger partial charge in [-0.3, -0.25) is 44.5 Å². The predicted molar refractivity (Wildman–Crippen MR) is 188 cm³/mol. The molecule has 0 aliphatic rings. The summed E-state index contributed by atoms with van der Waals surface area (Å²) in [5.41, 5.74) is -6.70. The molecule has 0 aliphatic carbocycles. The molecule has 0 fully saturated rings. The Balaban J connectivity index is 1.83. The first-order valence-electron chi connectivity index (χ1n) is 14.4. The van der Waals surface area contributed by atoms with Gasteiger partial charge in [0.1, 0.15) is 0 Å². The Morgan fingerprint density at radius 1 is 0.462 bits per heavy atom. The summed E-state index contributed by atoms with van der Waals surface area (Å²) in [6, 6.07) is 22.2. The van der Waals surface area contributed by atoms with E-state index >= 15 is 0 Å². The van der Waals surface area contributed by atoms with Gasteiger partial charge in [0.15, 0.2) is 9.79 Å². The monoisotopic (exact) mass is 767 g/mol. The van der Waals surface area contributed by atoms with E-state index in [4.69, 9.17) is 0 Å². The van der Waals surface area contributed by atoms with Crippen LogP contribution in [-0.4, -0.2) is 45.0 Å². The highest BCUT2D eigenvalue weighted by atomic mass is 32.2. The average Bonchev–Trinajstić information content (AvgIpc) is 3.46. The molecule has 0 radical (unpaired) electrons. The van der Waals surface area contributed by atoms with Crippen molar-refractivity contribution in [3.05, 3.63) is 133 Å². The van der Waals surface area contributed by atoms with Gasteiger partial charge in [-0.05, 0) is 48.5 Å². The molecule has 1 heterocycles. The second-order valence-electron chi connectivity index (χ2n) is 10.8. The number of hydrogen-bond acceptors (Lipinski definition) is 12. The van der Waals surface area contributed by atoms with Crippen LogP contribution < -0.4 is 14.2 Å². The third-order valence-corrected chi connectivity index (χ3v) is 11.7. The standard InChI is InChI=1S/C30H21N7O12S3/c38-35(39)26-22(50(44,45)32-18-10-4-1-5-11-18)17-16-21-23(26)24-25(31-21)29(51(46,47)33-19-12-6-2-7-13-19)28(37(42)43)30(27(24)36(40)41)52(48,49)34-20-14-8-3-9-15-20/h1-17,31-34H.